The molecule has 26 heavy (non-hydrogen) atoms. The minimum Gasteiger partial charge on any atom is -0.294 e. The van der Waals surface area contributed by atoms with Crippen LogP contribution in [-0.4, -0.2) is 15.6 Å². The van der Waals surface area contributed by atoms with Crippen LogP contribution in [0, 0.1) is 6.92 Å². The molecule has 0 saturated carbocycles. The zero-order valence-electron chi connectivity index (χ0n) is 15.6. The van der Waals surface area contributed by atoms with Crippen molar-refractivity contribution in [3.05, 3.63) is 82.7 Å². The van der Waals surface area contributed by atoms with Gasteiger partial charge in [-0.25, -0.2) is 4.68 Å². The number of Topliss-reactive ketones (excluding diaryl/α,β-unsaturated/α-hetero) is 1. The molecule has 1 aromatic heterocycles. The molecule has 4 rings (SSSR count). The van der Waals surface area contributed by atoms with Crippen LogP contribution in [0.1, 0.15) is 64.8 Å². The topological polar surface area (TPSA) is 34.9 Å². The van der Waals surface area contributed by atoms with Gasteiger partial charge in [-0.2, -0.15) is 5.10 Å². The Balaban J connectivity index is 1.68. The maximum atomic E-state index is 12.7. The number of benzene rings is 2. The standard InChI is InChI=1S/C23H24N2O/c1-15(2)17-6-8-18(9-7-17)19-12-22-21(23(26)13-19)14-24-25(22)20-10-4-16(3)5-11-20/h4-11,14-15,19H,12-13H2,1-3H3/t19-/m0/s1. The monoisotopic (exact) mass is 344 g/mol. The lowest BCUT2D eigenvalue weighted by Crippen LogP contribution is -2.20. The van der Waals surface area contributed by atoms with E-state index in [1.54, 1.807) is 6.20 Å². The van der Waals surface area contributed by atoms with E-state index in [4.69, 9.17) is 0 Å². The minimum absolute atomic E-state index is 0.197. The van der Waals surface area contributed by atoms with Gasteiger partial charge in [0.15, 0.2) is 5.78 Å². The van der Waals surface area contributed by atoms with Crippen LogP contribution >= 0.6 is 0 Å². The van der Waals surface area contributed by atoms with E-state index in [1.165, 1.54) is 16.7 Å². The first-order valence-electron chi connectivity index (χ1n) is 9.30. The van der Waals surface area contributed by atoms with Crippen LogP contribution in [0.5, 0.6) is 0 Å². The van der Waals surface area contributed by atoms with Crippen molar-refractivity contribution in [2.45, 2.75) is 45.4 Å². The number of nitrogens with zero attached hydrogens (tertiary/aromatic N) is 2. The summed E-state index contributed by atoms with van der Waals surface area (Å²) in [4.78, 5) is 12.7. The first kappa shape index (κ1) is 16.8. The Labute approximate surface area is 154 Å². The first-order chi connectivity index (χ1) is 12.5. The van der Waals surface area contributed by atoms with E-state index in [2.05, 4.69) is 74.4 Å². The molecule has 0 radical (unpaired) electrons. The number of rotatable bonds is 3. The van der Waals surface area contributed by atoms with Crippen molar-refractivity contribution in [3.8, 4) is 5.69 Å². The molecule has 1 aliphatic rings. The van der Waals surface area contributed by atoms with Crippen molar-refractivity contribution < 1.29 is 4.79 Å². The average Bonchev–Trinajstić information content (AvgIpc) is 3.07. The number of fused-ring (bicyclic) bond motifs is 1. The van der Waals surface area contributed by atoms with Crippen LogP contribution in [-0.2, 0) is 6.42 Å². The Hall–Kier alpha value is -2.68. The third-order valence-corrected chi connectivity index (χ3v) is 5.39. The third kappa shape index (κ3) is 2.98. The van der Waals surface area contributed by atoms with Crippen LogP contribution in [0.3, 0.4) is 0 Å². The second-order valence-corrected chi connectivity index (χ2v) is 7.60. The molecule has 0 N–H and O–H groups in total. The predicted molar refractivity (Wildman–Crippen MR) is 104 cm³/mol. The number of hydrogen-bond donors (Lipinski definition) is 0. The molecule has 1 heterocycles. The van der Waals surface area contributed by atoms with Gasteiger partial charge in [-0.05, 0) is 48.4 Å². The molecule has 0 fully saturated rings. The van der Waals surface area contributed by atoms with E-state index in [1.807, 2.05) is 4.68 Å². The highest BCUT2D eigenvalue weighted by atomic mass is 16.1. The molecule has 1 aliphatic carbocycles. The van der Waals surface area contributed by atoms with Gasteiger partial charge in [0, 0.05) is 6.42 Å². The van der Waals surface area contributed by atoms with Gasteiger partial charge in [-0.1, -0.05) is 55.8 Å². The SMILES string of the molecule is Cc1ccc(-n2ncc3c2C[C@H](c2ccc(C(C)C)cc2)CC3=O)cc1. The van der Waals surface area contributed by atoms with E-state index < -0.39 is 0 Å². The molecule has 3 aromatic rings. The Morgan fingerprint density at radius 2 is 1.69 bits per heavy atom. The van der Waals surface area contributed by atoms with Gasteiger partial charge >= 0.3 is 0 Å². The predicted octanol–water partition coefficient (Wildman–Crippen LogP) is 5.22. The summed E-state index contributed by atoms with van der Waals surface area (Å²) in [6.07, 6.45) is 3.14. The van der Waals surface area contributed by atoms with E-state index >= 15 is 0 Å². The minimum atomic E-state index is 0.197. The van der Waals surface area contributed by atoms with Crippen molar-refractivity contribution in [1.82, 2.24) is 9.78 Å². The number of ketones is 1. The zero-order chi connectivity index (χ0) is 18.3. The van der Waals surface area contributed by atoms with Crippen LogP contribution in [0.2, 0.25) is 0 Å². The highest BCUT2D eigenvalue weighted by molar-refractivity contribution is 5.98. The van der Waals surface area contributed by atoms with Crippen LogP contribution in [0.25, 0.3) is 5.69 Å². The Bertz CT molecular complexity index is 933. The van der Waals surface area contributed by atoms with Crippen LogP contribution < -0.4 is 0 Å². The fraction of sp³-hybridized carbons (Fsp3) is 0.304. The number of aryl methyl sites for hydroxylation is 1. The second-order valence-electron chi connectivity index (χ2n) is 7.60. The molecule has 0 spiro atoms. The maximum Gasteiger partial charge on any atom is 0.166 e. The summed E-state index contributed by atoms with van der Waals surface area (Å²) in [7, 11) is 0. The lowest BCUT2D eigenvalue weighted by atomic mass is 9.82. The molecular weight excluding hydrogens is 320 g/mol. The number of aromatic nitrogens is 2. The van der Waals surface area contributed by atoms with Crippen molar-refractivity contribution in [1.29, 1.82) is 0 Å². The van der Waals surface area contributed by atoms with Crippen molar-refractivity contribution in [3.63, 3.8) is 0 Å². The van der Waals surface area contributed by atoms with E-state index in [9.17, 15) is 4.79 Å². The fourth-order valence-electron chi connectivity index (χ4n) is 3.74. The van der Waals surface area contributed by atoms with Gasteiger partial charge in [0.25, 0.3) is 0 Å². The van der Waals surface area contributed by atoms with Gasteiger partial charge in [-0.3, -0.25) is 4.79 Å². The highest BCUT2D eigenvalue weighted by Gasteiger charge is 2.30. The smallest absolute Gasteiger partial charge is 0.166 e. The lowest BCUT2D eigenvalue weighted by molar-refractivity contribution is 0.0963. The quantitative estimate of drug-likeness (QED) is 0.653. The molecule has 132 valence electrons. The number of carbonyl (C=O) groups is 1. The molecule has 2 aromatic carbocycles. The van der Waals surface area contributed by atoms with E-state index in [0.29, 0.717) is 12.3 Å². The van der Waals surface area contributed by atoms with Crippen LogP contribution in [0.4, 0.5) is 0 Å². The van der Waals surface area contributed by atoms with Gasteiger partial charge in [0.05, 0.1) is 23.1 Å². The summed E-state index contributed by atoms with van der Waals surface area (Å²) >= 11 is 0. The van der Waals surface area contributed by atoms with Gasteiger partial charge < -0.3 is 0 Å². The number of hydrogen-bond acceptors (Lipinski definition) is 2. The molecule has 3 nitrogen and oxygen atoms in total. The van der Waals surface area contributed by atoms with Gasteiger partial charge in [0.1, 0.15) is 0 Å². The molecule has 0 aliphatic heterocycles. The van der Waals surface area contributed by atoms with Crippen molar-refractivity contribution in [2.75, 3.05) is 0 Å². The normalized spacial score (nSPS) is 16.8. The number of carbonyl (C=O) groups excluding carboxylic acids is 1. The largest absolute Gasteiger partial charge is 0.294 e. The van der Waals surface area contributed by atoms with Crippen molar-refractivity contribution in [2.24, 2.45) is 0 Å². The fourth-order valence-corrected chi connectivity index (χ4v) is 3.74. The molecule has 1 atom stereocenters. The summed E-state index contributed by atoms with van der Waals surface area (Å²) < 4.78 is 1.93. The second kappa shape index (κ2) is 6.56. The maximum absolute atomic E-state index is 12.7. The Kier molecular flexibility index (Phi) is 4.23. The summed E-state index contributed by atoms with van der Waals surface area (Å²) in [5.41, 5.74) is 6.62. The molecule has 0 bridgehead atoms. The van der Waals surface area contributed by atoms with E-state index in [-0.39, 0.29) is 11.7 Å². The summed E-state index contributed by atoms with van der Waals surface area (Å²) in [6, 6.07) is 17.0. The third-order valence-electron chi connectivity index (χ3n) is 5.39. The Morgan fingerprint density at radius 1 is 1.00 bits per heavy atom. The summed E-state index contributed by atoms with van der Waals surface area (Å²) in [6.45, 7) is 6.47. The summed E-state index contributed by atoms with van der Waals surface area (Å²) in [5.74, 6) is 0.936. The first-order valence-corrected chi connectivity index (χ1v) is 9.30. The van der Waals surface area contributed by atoms with E-state index in [0.717, 1.165) is 23.4 Å². The highest BCUT2D eigenvalue weighted by Crippen LogP contribution is 2.34. The molecule has 3 heteroatoms. The molecule has 0 amide bonds. The average molecular weight is 344 g/mol. The summed E-state index contributed by atoms with van der Waals surface area (Å²) in [5, 5.41) is 4.51. The molecular formula is C23H24N2O. The molecule has 0 saturated heterocycles. The molecule has 0 unspecified atom stereocenters. The lowest BCUT2D eigenvalue weighted by Gasteiger charge is -2.23. The Morgan fingerprint density at radius 3 is 2.35 bits per heavy atom. The van der Waals surface area contributed by atoms with Gasteiger partial charge in [0.2, 0.25) is 0 Å². The zero-order valence-corrected chi connectivity index (χ0v) is 15.6. The van der Waals surface area contributed by atoms with Gasteiger partial charge in [-0.15, -0.1) is 0 Å². The van der Waals surface area contributed by atoms with Crippen molar-refractivity contribution >= 4 is 5.78 Å². The van der Waals surface area contributed by atoms with Crippen LogP contribution in [0.15, 0.2) is 54.7 Å².